The van der Waals surface area contributed by atoms with E-state index in [1.165, 1.54) is 0 Å². The Morgan fingerprint density at radius 3 is 1.88 bits per heavy atom. The van der Waals surface area contributed by atoms with Crippen molar-refractivity contribution in [2.24, 2.45) is 0 Å². The van der Waals surface area contributed by atoms with E-state index < -0.39 is 11.2 Å². The van der Waals surface area contributed by atoms with Crippen LogP contribution in [0.4, 0.5) is 11.4 Å². The summed E-state index contributed by atoms with van der Waals surface area (Å²) in [5, 5.41) is 12.5. The summed E-state index contributed by atoms with van der Waals surface area (Å²) in [6.45, 7) is 3.54. The molecule has 4 aliphatic rings. The van der Waals surface area contributed by atoms with E-state index in [9.17, 15) is 24.6 Å². The quantitative estimate of drug-likeness (QED) is 0.138. The molecule has 308 valence electrons. The molecule has 0 aromatic heterocycles. The SMILES string of the molecule is CN(C)C(=O)[C@@H]1CCN1c1ccc2c(c1)Oc1cc(N3CC[C@H]3C(=O)N(C)C)ccc1C21C(=N)C(=O)c2ccc(C(=O)NCCOCCOCCCCCCCl)cc21. The normalized spacial score (nSPS) is 18.4. The minimum Gasteiger partial charge on any atom is -0.457 e. The monoisotopic (exact) mass is 812 g/mol. The van der Waals surface area contributed by atoms with Crippen LogP contribution in [0.1, 0.15) is 75.9 Å². The Bertz CT molecular complexity index is 2000. The number of likely N-dealkylation sites (N-methyl/N-ethyl adjacent to an activating group) is 2. The van der Waals surface area contributed by atoms with Crippen LogP contribution in [0.5, 0.6) is 11.5 Å². The highest BCUT2D eigenvalue weighted by atomic mass is 35.5. The number of anilines is 2. The first-order valence-corrected chi connectivity index (χ1v) is 20.7. The van der Waals surface area contributed by atoms with Crippen LogP contribution in [-0.2, 0) is 24.5 Å². The molecule has 14 heteroatoms. The number of benzene rings is 3. The second kappa shape index (κ2) is 17.5. The molecule has 2 fully saturated rings. The molecule has 0 unspecified atom stereocenters. The van der Waals surface area contributed by atoms with Crippen LogP contribution in [0.2, 0.25) is 0 Å². The van der Waals surface area contributed by atoms with Gasteiger partial charge >= 0.3 is 0 Å². The summed E-state index contributed by atoms with van der Waals surface area (Å²) in [6, 6.07) is 15.7. The minimum atomic E-state index is -1.39. The highest BCUT2D eigenvalue weighted by Gasteiger charge is 2.56. The zero-order valence-corrected chi connectivity index (χ0v) is 34.5. The van der Waals surface area contributed by atoms with E-state index in [2.05, 4.69) is 5.32 Å². The smallest absolute Gasteiger partial charge is 0.251 e. The molecule has 1 spiro atoms. The Morgan fingerprint density at radius 1 is 0.776 bits per heavy atom. The van der Waals surface area contributed by atoms with Gasteiger partial charge in [0, 0.05) is 106 Å². The Hall–Kier alpha value is -4.98. The van der Waals surface area contributed by atoms with Gasteiger partial charge in [-0.1, -0.05) is 25.0 Å². The number of ether oxygens (including phenoxy) is 3. The standard InChI is InChI=1S/C44H53ClN6O7/c1-48(2)42(54)35-15-19-50(35)29-10-13-32-37(26-29)58-38-27-30(51-20-16-36(51)43(55)49(3)4)11-14-33(38)44(32)34-25-28(9-12-31(34)39(52)40(44)46)41(53)47-18-22-57-24-23-56-21-8-6-5-7-17-45/h9-14,25-27,35-36,46H,5-8,15-24H2,1-4H3,(H,47,53)/t35-,36-/m0/s1. The molecular weight excluding hydrogens is 760 g/mol. The number of fused-ring (bicyclic) bond motifs is 6. The van der Waals surface area contributed by atoms with Crippen molar-refractivity contribution < 1.29 is 33.4 Å². The van der Waals surface area contributed by atoms with E-state index >= 15 is 0 Å². The van der Waals surface area contributed by atoms with Crippen LogP contribution in [-0.4, -0.2) is 131 Å². The predicted molar refractivity (Wildman–Crippen MR) is 223 cm³/mol. The number of carbonyl (C=O) groups is 4. The summed E-state index contributed by atoms with van der Waals surface area (Å²) in [6.07, 6.45) is 5.65. The van der Waals surface area contributed by atoms with E-state index in [-0.39, 0.29) is 42.1 Å². The van der Waals surface area contributed by atoms with Crippen molar-refractivity contribution in [3.05, 3.63) is 82.4 Å². The Labute approximate surface area is 345 Å². The molecule has 2 atom stereocenters. The van der Waals surface area contributed by atoms with Crippen LogP contribution >= 0.6 is 11.6 Å². The number of Topliss-reactive ketones (excluding diaryl/α,β-unsaturated/α-hetero) is 1. The predicted octanol–water partition coefficient (Wildman–Crippen LogP) is 5.24. The zero-order valence-electron chi connectivity index (χ0n) is 33.8. The topological polar surface area (TPSA) is 145 Å². The largest absolute Gasteiger partial charge is 0.457 e. The molecule has 13 nitrogen and oxygen atoms in total. The van der Waals surface area contributed by atoms with Crippen molar-refractivity contribution >= 4 is 52.2 Å². The first kappa shape index (κ1) is 41.2. The van der Waals surface area contributed by atoms with Crippen molar-refractivity contribution in [3.8, 4) is 11.5 Å². The number of carbonyl (C=O) groups excluding carboxylic acids is 4. The van der Waals surface area contributed by atoms with Gasteiger partial charge < -0.3 is 39.1 Å². The lowest BCUT2D eigenvalue weighted by Gasteiger charge is -2.44. The van der Waals surface area contributed by atoms with Crippen molar-refractivity contribution in [1.82, 2.24) is 15.1 Å². The first-order chi connectivity index (χ1) is 28.0. The Kier molecular flexibility index (Phi) is 12.4. The van der Waals surface area contributed by atoms with E-state index in [4.69, 9.17) is 25.8 Å². The lowest BCUT2D eigenvalue weighted by Crippen LogP contribution is -2.56. The maximum absolute atomic E-state index is 14.1. The number of amides is 3. The van der Waals surface area contributed by atoms with E-state index in [1.807, 2.05) is 46.2 Å². The maximum atomic E-state index is 14.1. The van der Waals surface area contributed by atoms with Gasteiger partial charge in [-0.3, -0.25) is 24.6 Å². The molecule has 0 saturated carbocycles. The number of halogens is 1. The third-order valence-corrected chi connectivity index (χ3v) is 12.0. The molecule has 58 heavy (non-hydrogen) atoms. The lowest BCUT2D eigenvalue weighted by atomic mass is 9.67. The molecule has 2 saturated heterocycles. The van der Waals surface area contributed by atoms with Crippen molar-refractivity contribution in [1.29, 1.82) is 5.41 Å². The summed E-state index contributed by atoms with van der Waals surface area (Å²) in [4.78, 5) is 61.0. The number of alkyl halides is 1. The summed E-state index contributed by atoms with van der Waals surface area (Å²) in [5.41, 5.74) is 2.43. The third kappa shape index (κ3) is 7.55. The fourth-order valence-electron chi connectivity index (χ4n) is 8.44. The van der Waals surface area contributed by atoms with Gasteiger partial charge in [0.05, 0.1) is 30.9 Å². The summed E-state index contributed by atoms with van der Waals surface area (Å²) >= 11 is 5.73. The minimum absolute atomic E-state index is 0.0105. The number of nitrogens with zero attached hydrogens (tertiary/aromatic N) is 4. The number of nitrogens with one attached hydrogen (secondary N) is 2. The second-order valence-electron chi connectivity index (χ2n) is 15.7. The van der Waals surface area contributed by atoms with Crippen molar-refractivity contribution in [2.45, 2.75) is 56.0 Å². The van der Waals surface area contributed by atoms with Crippen LogP contribution < -0.4 is 19.9 Å². The van der Waals surface area contributed by atoms with Gasteiger partial charge in [0.15, 0.2) is 0 Å². The Morgan fingerprint density at radius 2 is 1.34 bits per heavy atom. The molecule has 7 rings (SSSR count). The molecular formula is C44H53ClN6O7. The third-order valence-electron chi connectivity index (χ3n) is 11.7. The van der Waals surface area contributed by atoms with Crippen molar-refractivity contribution in [2.75, 3.05) is 89.9 Å². The van der Waals surface area contributed by atoms with Crippen LogP contribution in [0, 0.1) is 5.41 Å². The number of unbranched alkanes of at least 4 members (excludes halogenated alkanes) is 3. The maximum Gasteiger partial charge on any atom is 0.251 e. The fourth-order valence-corrected chi connectivity index (χ4v) is 8.63. The molecule has 3 heterocycles. The summed E-state index contributed by atoms with van der Waals surface area (Å²) in [5.74, 6) is 0.840. The first-order valence-electron chi connectivity index (χ1n) is 20.2. The molecule has 0 radical (unpaired) electrons. The van der Waals surface area contributed by atoms with Gasteiger partial charge in [0.2, 0.25) is 17.6 Å². The fraction of sp³-hybridized carbons (Fsp3) is 0.477. The molecule has 3 aliphatic heterocycles. The molecule has 3 aromatic rings. The average Bonchev–Trinajstić information content (AvgIpc) is 3.39. The number of rotatable bonds is 17. The van der Waals surface area contributed by atoms with Crippen molar-refractivity contribution in [3.63, 3.8) is 0 Å². The average molecular weight is 813 g/mol. The molecule has 3 aromatic carbocycles. The molecule has 3 amide bonds. The summed E-state index contributed by atoms with van der Waals surface area (Å²) in [7, 11) is 6.98. The second-order valence-corrected chi connectivity index (χ2v) is 16.1. The highest BCUT2D eigenvalue weighted by Crippen LogP contribution is 2.57. The molecule has 0 bridgehead atoms. The number of ketones is 1. The van der Waals surface area contributed by atoms with E-state index in [1.54, 1.807) is 56.2 Å². The van der Waals surface area contributed by atoms with Gasteiger partial charge in [0.25, 0.3) is 5.91 Å². The van der Waals surface area contributed by atoms with Crippen LogP contribution in [0.3, 0.4) is 0 Å². The van der Waals surface area contributed by atoms with Gasteiger partial charge in [-0.15, -0.1) is 11.6 Å². The van der Waals surface area contributed by atoms with Crippen LogP contribution in [0.15, 0.2) is 54.6 Å². The van der Waals surface area contributed by atoms with Gasteiger partial charge in [0.1, 0.15) is 23.6 Å². The molecule has 1 aliphatic carbocycles. The van der Waals surface area contributed by atoms with E-state index in [0.29, 0.717) is 84.7 Å². The Balaban J connectivity index is 1.17. The van der Waals surface area contributed by atoms with Crippen LogP contribution in [0.25, 0.3) is 0 Å². The van der Waals surface area contributed by atoms with Gasteiger partial charge in [-0.2, -0.15) is 0 Å². The summed E-state index contributed by atoms with van der Waals surface area (Å²) < 4.78 is 18.0. The van der Waals surface area contributed by atoms with Gasteiger partial charge in [-0.25, -0.2) is 0 Å². The number of hydrogen-bond acceptors (Lipinski definition) is 10. The zero-order chi connectivity index (χ0) is 41.1. The van der Waals surface area contributed by atoms with E-state index in [0.717, 1.165) is 49.9 Å². The lowest BCUT2D eigenvalue weighted by molar-refractivity contribution is -0.132. The number of hydrogen-bond donors (Lipinski definition) is 2. The highest BCUT2D eigenvalue weighted by molar-refractivity contribution is 6.53. The molecule has 2 N–H and O–H groups in total. The van der Waals surface area contributed by atoms with Gasteiger partial charge in [-0.05, 0) is 61.6 Å².